The van der Waals surface area contributed by atoms with Crippen molar-refractivity contribution in [2.45, 2.75) is 200 Å². The number of carbonyl (C=O) groups excluding carboxylic acids is 1. The Balaban J connectivity index is 3.53. The van der Waals surface area contributed by atoms with Crippen molar-refractivity contribution in [1.82, 2.24) is 0 Å². The number of unbranched alkanes of at least 4 members (excludes halogenated alkanes) is 18. The topological polar surface area (TPSA) is 55.8 Å². The minimum absolute atomic E-state index is 0.186. The minimum atomic E-state index is -0.552. The van der Waals surface area contributed by atoms with Gasteiger partial charge in [-0.3, -0.25) is 4.79 Å². The minimum Gasteiger partial charge on any atom is -0.457 e. The van der Waals surface area contributed by atoms with E-state index in [1.807, 2.05) is 0 Å². The van der Waals surface area contributed by atoms with Gasteiger partial charge in [-0.2, -0.15) is 0 Å². The normalized spacial score (nSPS) is 13.2. The molecule has 0 aliphatic carbocycles. The average molecular weight is 737 g/mol. The SMILES string of the molecule is CC/C=C\C/C=C\C/C=C\C/C=C\C/C=C\C/C=C\CCCCCCCOCC(CO)OC(=O)CCCCCCCCC/C=C\CCCCCCCC. The van der Waals surface area contributed by atoms with E-state index in [1.165, 1.54) is 103 Å². The predicted octanol–water partition coefficient (Wildman–Crippen LogP) is 14.8. The number of esters is 1. The van der Waals surface area contributed by atoms with Crippen LogP contribution in [0.3, 0.4) is 0 Å². The van der Waals surface area contributed by atoms with Gasteiger partial charge in [0, 0.05) is 13.0 Å². The van der Waals surface area contributed by atoms with E-state index < -0.39 is 6.10 Å². The fourth-order valence-corrected chi connectivity index (χ4v) is 5.91. The van der Waals surface area contributed by atoms with Crippen LogP contribution in [-0.4, -0.2) is 37.0 Å². The number of aliphatic hydroxyl groups is 1. The van der Waals surface area contributed by atoms with Gasteiger partial charge in [-0.15, -0.1) is 0 Å². The summed E-state index contributed by atoms with van der Waals surface area (Å²) in [6.07, 6.45) is 63.6. The van der Waals surface area contributed by atoms with Crippen LogP contribution in [0.1, 0.15) is 194 Å². The molecule has 0 aromatic carbocycles. The first kappa shape index (κ1) is 50.6. The quantitative estimate of drug-likeness (QED) is 0.0387. The number of aliphatic hydroxyl groups excluding tert-OH is 1. The highest BCUT2D eigenvalue weighted by Gasteiger charge is 2.13. The molecule has 0 saturated carbocycles. The third-order valence-electron chi connectivity index (χ3n) is 9.20. The van der Waals surface area contributed by atoms with Crippen molar-refractivity contribution in [3.05, 3.63) is 85.1 Å². The molecule has 1 N–H and O–H groups in total. The summed E-state index contributed by atoms with van der Waals surface area (Å²) in [5.74, 6) is -0.215. The zero-order valence-electron chi connectivity index (χ0n) is 34.8. The third kappa shape index (κ3) is 43.9. The molecule has 0 radical (unpaired) electrons. The van der Waals surface area contributed by atoms with Crippen molar-refractivity contribution < 1.29 is 19.4 Å². The zero-order chi connectivity index (χ0) is 38.4. The first-order valence-corrected chi connectivity index (χ1v) is 22.2. The fraction of sp³-hybridized carbons (Fsp3) is 0.694. The van der Waals surface area contributed by atoms with Crippen molar-refractivity contribution >= 4 is 5.97 Å². The molecule has 53 heavy (non-hydrogen) atoms. The summed E-state index contributed by atoms with van der Waals surface area (Å²) < 4.78 is 11.2. The van der Waals surface area contributed by atoms with E-state index in [1.54, 1.807) is 0 Å². The molecular weight excluding hydrogens is 653 g/mol. The molecule has 4 nitrogen and oxygen atoms in total. The van der Waals surface area contributed by atoms with Crippen LogP contribution in [0.4, 0.5) is 0 Å². The average Bonchev–Trinajstić information content (AvgIpc) is 3.16. The van der Waals surface area contributed by atoms with Crippen molar-refractivity contribution in [1.29, 1.82) is 0 Å². The number of carbonyl (C=O) groups is 1. The lowest BCUT2D eigenvalue weighted by Crippen LogP contribution is -2.27. The molecule has 0 fully saturated rings. The number of allylic oxidation sites excluding steroid dienone is 14. The van der Waals surface area contributed by atoms with Gasteiger partial charge in [-0.1, -0.05) is 182 Å². The summed E-state index contributed by atoms with van der Waals surface area (Å²) in [5.41, 5.74) is 0. The summed E-state index contributed by atoms with van der Waals surface area (Å²) in [6, 6.07) is 0. The molecule has 4 heteroatoms. The maximum absolute atomic E-state index is 12.2. The lowest BCUT2D eigenvalue weighted by Gasteiger charge is -2.15. The molecule has 0 rings (SSSR count). The van der Waals surface area contributed by atoms with E-state index in [9.17, 15) is 9.90 Å². The molecule has 0 spiro atoms. The van der Waals surface area contributed by atoms with Crippen LogP contribution in [0.5, 0.6) is 0 Å². The molecule has 1 atom stereocenters. The molecule has 0 bridgehead atoms. The molecule has 0 aliphatic heterocycles. The lowest BCUT2D eigenvalue weighted by atomic mass is 10.1. The van der Waals surface area contributed by atoms with Crippen LogP contribution >= 0.6 is 0 Å². The van der Waals surface area contributed by atoms with E-state index in [0.29, 0.717) is 13.0 Å². The van der Waals surface area contributed by atoms with E-state index in [4.69, 9.17) is 9.47 Å². The monoisotopic (exact) mass is 737 g/mol. The molecule has 0 amide bonds. The van der Waals surface area contributed by atoms with Crippen molar-refractivity contribution in [2.75, 3.05) is 19.8 Å². The highest BCUT2D eigenvalue weighted by Crippen LogP contribution is 2.12. The molecule has 0 aromatic heterocycles. The Morgan fingerprint density at radius 2 is 0.849 bits per heavy atom. The van der Waals surface area contributed by atoms with Gasteiger partial charge in [0.05, 0.1) is 13.2 Å². The fourth-order valence-electron chi connectivity index (χ4n) is 5.91. The van der Waals surface area contributed by atoms with Crippen LogP contribution in [0.2, 0.25) is 0 Å². The van der Waals surface area contributed by atoms with Crippen LogP contribution in [-0.2, 0) is 14.3 Å². The Morgan fingerprint density at radius 3 is 1.30 bits per heavy atom. The summed E-state index contributed by atoms with van der Waals surface area (Å²) in [5, 5.41) is 9.61. The van der Waals surface area contributed by atoms with Crippen molar-refractivity contribution in [2.24, 2.45) is 0 Å². The van der Waals surface area contributed by atoms with E-state index in [2.05, 4.69) is 98.9 Å². The van der Waals surface area contributed by atoms with Crippen molar-refractivity contribution in [3.63, 3.8) is 0 Å². The highest BCUT2D eigenvalue weighted by molar-refractivity contribution is 5.69. The smallest absolute Gasteiger partial charge is 0.306 e. The number of ether oxygens (including phenoxy) is 2. The number of rotatable bonds is 40. The van der Waals surface area contributed by atoms with Crippen LogP contribution < -0.4 is 0 Å². The van der Waals surface area contributed by atoms with Gasteiger partial charge in [-0.25, -0.2) is 0 Å². The molecule has 0 aliphatic rings. The van der Waals surface area contributed by atoms with Crippen LogP contribution in [0, 0.1) is 0 Å². The zero-order valence-corrected chi connectivity index (χ0v) is 34.8. The molecule has 1 unspecified atom stereocenters. The lowest BCUT2D eigenvalue weighted by molar-refractivity contribution is -0.154. The van der Waals surface area contributed by atoms with Gasteiger partial charge in [-0.05, 0) is 89.9 Å². The summed E-state index contributed by atoms with van der Waals surface area (Å²) in [6.45, 7) is 5.18. The Hall–Kier alpha value is -2.43. The van der Waals surface area contributed by atoms with Gasteiger partial charge in [0.2, 0.25) is 0 Å². The van der Waals surface area contributed by atoms with E-state index in [-0.39, 0.29) is 19.2 Å². The summed E-state index contributed by atoms with van der Waals surface area (Å²) in [7, 11) is 0. The number of hydrogen-bond donors (Lipinski definition) is 1. The summed E-state index contributed by atoms with van der Waals surface area (Å²) in [4.78, 5) is 12.2. The van der Waals surface area contributed by atoms with E-state index >= 15 is 0 Å². The van der Waals surface area contributed by atoms with Crippen LogP contribution in [0.15, 0.2) is 85.1 Å². The second-order valence-corrected chi connectivity index (χ2v) is 14.4. The van der Waals surface area contributed by atoms with Gasteiger partial charge in [0.15, 0.2) is 0 Å². The van der Waals surface area contributed by atoms with Gasteiger partial charge < -0.3 is 14.6 Å². The first-order chi connectivity index (χ1) is 26.2. The standard InChI is InChI=1S/C49H84O4/c1-3-5-7-9-11-13-15-17-19-21-22-23-24-25-26-27-29-31-33-35-37-39-41-43-45-52-47-48(46-50)53-49(51)44-42-40-38-36-34-32-30-28-20-18-16-14-12-10-8-6-4-2/h5,7,11,13,17-20,22-23,25-26,29,31,48,50H,3-4,6,8-10,12,14-16,21,24,27-28,30,32-47H2,1-2H3/b7-5-,13-11-,19-17-,20-18-,23-22-,26-25-,31-29-. The summed E-state index contributed by atoms with van der Waals surface area (Å²) >= 11 is 0. The third-order valence-corrected chi connectivity index (χ3v) is 9.20. The maximum Gasteiger partial charge on any atom is 0.306 e. The predicted molar refractivity (Wildman–Crippen MR) is 232 cm³/mol. The van der Waals surface area contributed by atoms with Gasteiger partial charge in [0.1, 0.15) is 6.10 Å². The highest BCUT2D eigenvalue weighted by atomic mass is 16.6. The Kier molecular flexibility index (Phi) is 43.6. The van der Waals surface area contributed by atoms with Crippen molar-refractivity contribution in [3.8, 4) is 0 Å². The second-order valence-electron chi connectivity index (χ2n) is 14.4. The van der Waals surface area contributed by atoms with E-state index in [0.717, 1.165) is 70.6 Å². The Morgan fingerprint density at radius 1 is 0.472 bits per heavy atom. The molecular formula is C49H84O4. The largest absolute Gasteiger partial charge is 0.457 e. The Labute approximate surface area is 329 Å². The first-order valence-electron chi connectivity index (χ1n) is 22.2. The molecule has 0 aromatic rings. The molecule has 0 heterocycles. The molecule has 0 saturated heterocycles. The maximum atomic E-state index is 12.2. The van der Waals surface area contributed by atoms with Gasteiger partial charge in [0.25, 0.3) is 0 Å². The second kappa shape index (κ2) is 45.7. The molecule has 304 valence electrons. The van der Waals surface area contributed by atoms with Gasteiger partial charge >= 0.3 is 5.97 Å². The van der Waals surface area contributed by atoms with Crippen LogP contribution in [0.25, 0.3) is 0 Å². The number of hydrogen-bond acceptors (Lipinski definition) is 4. The Bertz CT molecular complexity index is 954.